The van der Waals surface area contributed by atoms with Crippen molar-refractivity contribution in [3.8, 4) is 11.4 Å². The van der Waals surface area contributed by atoms with Gasteiger partial charge in [-0.25, -0.2) is 4.98 Å². The van der Waals surface area contributed by atoms with Crippen molar-refractivity contribution in [2.45, 2.75) is 13.8 Å². The number of benzene rings is 1. The Hall–Kier alpha value is -2.21. The number of amides is 1. The first kappa shape index (κ1) is 13.8. The first-order chi connectivity index (χ1) is 10.1. The number of hydrogen-bond acceptors (Lipinski definition) is 4. The molecule has 2 aromatic rings. The van der Waals surface area contributed by atoms with Gasteiger partial charge in [0.05, 0.1) is 5.92 Å². The molecule has 0 aliphatic carbocycles. The van der Waals surface area contributed by atoms with Crippen LogP contribution in [0.25, 0.3) is 11.4 Å². The first-order valence-corrected chi connectivity index (χ1v) is 7.14. The van der Waals surface area contributed by atoms with E-state index in [-0.39, 0.29) is 11.8 Å². The molecule has 0 bridgehead atoms. The molecule has 0 radical (unpaired) electrons. The quantitative estimate of drug-likeness (QED) is 0.799. The fourth-order valence-electron chi connectivity index (χ4n) is 2.60. The summed E-state index contributed by atoms with van der Waals surface area (Å²) in [6.07, 6.45) is 0. The van der Waals surface area contributed by atoms with Gasteiger partial charge in [-0.2, -0.15) is 5.10 Å². The maximum Gasteiger partial charge on any atom is 0.229 e. The Morgan fingerprint density at radius 3 is 2.90 bits per heavy atom. The molecule has 1 aliphatic heterocycles. The second kappa shape index (κ2) is 5.65. The van der Waals surface area contributed by atoms with Crippen LogP contribution in [0.1, 0.15) is 12.7 Å². The molecule has 2 heterocycles. The van der Waals surface area contributed by atoms with E-state index in [1.807, 2.05) is 31.2 Å². The van der Waals surface area contributed by atoms with Gasteiger partial charge in [-0.05, 0) is 31.5 Å². The Bertz CT molecular complexity index is 651. The van der Waals surface area contributed by atoms with Crippen LogP contribution in [0.4, 0.5) is 5.69 Å². The number of anilines is 1. The summed E-state index contributed by atoms with van der Waals surface area (Å²) in [6.45, 7) is 5.59. The number of hydrogen-bond donors (Lipinski definition) is 3. The van der Waals surface area contributed by atoms with E-state index >= 15 is 0 Å². The predicted molar refractivity (Wildman–Crippen MR) is 80.7 cm³/mol. The normalized spacial score (nSPS) is 21.4. The van der Waals surface area contributed by atoms with Gasteiger partial charge in [-0.15, -0.1) is 0 Å². The van der Waals surface area contributed by atoms with E-state index in [1.165, 1.54) is 0 Å². The van der Waals surface area contributed by atoms with Gasteiger partial charge in [0.15, 0.2) is 5.82 Å². The number of nitrogens with zero attached hydrogens (tertiary/aromatic N) is 2. The molecule has 1 aliphatic rings. The zero-order valence-corrected chi connectivity index (χ0v) is 12.2. The Labute approximate surface area is 123 Å². The lowest BCUT2D eigenvalue weighted by Crippen LogP contribution is -2.27. The van der Waals surface area contributed by atoms with Crippen LogP contribution in [0.2, 0.25) is 0 Å². The van der Waals surface area contributed by atoms with Crippen LogP contribution in [0, 0.1) is 18.8 Å². The zero-order valence-electron chi connectivity index (χ0n) is 12.2. The van der Waals surface area contributed by atoms with Crippen molar-refractivity contribution in [3.05, 3.63) is 30.1 Å². The summed E-state index contributed by atoms with van der Waals surface area (Å²) in [7, 11) is 0. The minimum absolute atomic E-state index is 0.0272. The van der Waals surface area contributed by atoms with Crippen molar-refractivity contribution in [3.63, 3.8) is 0 Å². The first-order valence-electron chi connectivity index (χ1n) is 7.14. The Morgan fingerprint density at radius 2 is 2.24 bits per heavy atom. The molecular formula is C15H19N5O. The molecular weight excluding hydrogens is 266 g/mol. The lowest BCUT2D eigenvalue weighted by molar-refractivity contribution is -0.120. The predicted octanol–water partition coefficient (Wildman–Crippen LogP) is 1.57. The molecule has 21 heavy (non-hydrogen) atoms. The zero-order chi connectivity index (χ0) is 14.8. The van der Waals surface area contributed by atoms with Crippen LogP contribution in [0.5, 0.6) is 0 Å². The topological polar surface area (TPSA) is 82.7 Å². The summed E-state index contributed by atoms with van der Waals surface area (Å²) < 4.78 is 0. The molecule has 2 atom stereocenters. The number of rotatable bonds is 3. The summed E-state index contributed by atoms with van der Waals surface area (Å²) in [5.74, 6) is 1.86. The number of H-pyrrole nitrogens is 1. The summed E-state index contributed by atoms with van der Waals surface area (Å²) in [5.41, 5.74) is 1.66. The number of aromatic nitrogens is 3. The van der Waals surface area contributed by atoms with Crippen LogP contribution >= 0.6 is 0 Å². The highest BCUT2D eigenvalue weighted by molar-refractivity contribution is 5.93. The van der Waals surface area contributed by atoms with E-state index in [0.717, 1.165) is 30.2 Å². The molecule has 1 fully saturated rings. The van der Waals surface area contributed by atoms with E-state index in [9.17, 15) is 4.79 Å². The number of aromatic amines is 1. The van der Waals surface area contributed by atoms with Crippen molar-refractivity contribution >= 4 is 11.6 Å². The second-order valence-corrected chi connectivity index (χ2v) is 5.56. The van der Waals surface area contributed by atoms with Gasteiger partial charge in [-0.3, -0.25) is 9.89 Å². The number of nitrogens with one attached hydrogen (secondary N) is 3. The maximum atomic E-state index is 12.3. The van der Waals surface area contributed by atoms with Crippen molar-refractivity contribution in [1.29, 1.82) is 0 Å². The molecule has 2 unspecified atom stereocenters. The van der Waals surface area contributed by atoms with Crippen molar-refractivity contribution in [1.82, 2.24) is 20.5 Å². The third kappa shape index (κ3) is 2.95. The van der Waals surface area contributed by atoms with Crippen molar-refractivity contribution in [2.24, 2.45) is 11.8 Å². The summed E-state index contributed by atoms with van der Waals surface area (Å²) in [6, 6.07) is 7.60. The minimum atomic E-state index is 0.0272. The summed E-state index contributed by atoms with van der Waals surface area (Å²) in [5, 5.41) is 13.2. The number of carbonyl (C=O) groups is 1. The fraction of sp³-hybridized carbons (Fsp3) is 0.400. The standard InChI is InChI=1S/C15H19N5O/c1-9-7-16-8-13(9)15(21)18-12-5-3-4-11(6-12)14-17-10(2)19-20-14/h3-6,9,13,16H,7-8H2,1-2H3,(H,18,21)(H,17,19,20). The molecule has 0 spiro atoms. The van der Waals surface area contributed by atoms with E-state index in [1.54, 1.807) is 0 Å². The van der Waals surface area contributed by atoms with Gasteiger partial charge >= 0.3 is 0 Å². The van der Waals surface area contributed by atoms with Crippen molar-refractivity contribution < 1.29 is 4.79 Å². The molecule has 1 aromatic heterocycles. The largest absolute Gasteiger partial charge is 0.326 e. The molecule has 3 N–H and O–H groups in total. The summed E-state index contributed by atoms with van der Waals surface area (Å²) >= 11 is 0. The molecule has 1 aromatic carbocycles. The van der Waals surface area contributed by atoms with Crippen LogP contribution in [-0.4, -0.2) is 34.2 Å². The smallest absolute Gasteiger partial charge is 0.229 e. The molecule has 3 rings (SSSR count). The highest BCUT2D eigenvalue weighted by atomic mass is 16.1. The maximum absolute atomic E-state index is 12.3. The molecule has 1 amide bonds. The third-order valence-electron chi connectivity index (χ3n) is 3.84. The Morgan fingerprint density at radius 1 is 1.38 bits per heavy atom. The Kier molecular flexibility index (Phi) is 3.70. The van der Waals surface area contributed by atoms with Gasteiger partial charge < -0.3 is 10.6 Å². The molecule has 0 saturated carbocycles. The highest BCUT2D eigenvalue weighted by Crippen LogP contribution is 2.22. The van der Waals surface area contributed by atoms with Gasteiger partial charge in [0.2, 0.25) is 5.91 Å². The average molecular weight is 285 g/mol. The van der Waals surface area contributed by atoms with E-state index < -0.39 is 0 Å². The number of carbonyl (C=O) groups excluding carboxylic acids is 1. The van der Waals surface area contributed by atoms with Gasteiger partial charge in [0.25, 0.3) is 0 Å². The lowest BCUT2D eigenvalue weighted by Gasteiger charge is -2.14. The van der Waals surface area contributed by atoms with Crippen LogP contribution in [0.3, 0.4) is 0 Å². The van der Waals surface area contributed by atoms with E-state index in [0.29, 0.717) is 11.7 Å². The second-order valence-electron chi connectivity index (χ2n) is 5.56. The Balaban J connectivity index is 1.76. The van der Waals surface area contributed by atoms with Crippen molar-refractivity contribution in [2.75, 3.05) is 18.4 Å². The highest BCUT2D eigenvalue weighted by Gasteiger charge is 2.29. The molecule has 1 saturated heterocycles. The fourth-order valence-corrected chi connectivity index (χ4v) is 2.60. The van der Waals surface area contributed by atoms with E-state index in [4.69, 9.17) is 0 Å². The van der Waals surface area contributed by atoms with Crippen LogP contribution < -0.4 is 10.6 Å². The molecule has 6 nitrogen and oxygen atoms in total. The molecule has 110 valence electrons. The molecule has 6 heteroatoms. The number of aryl methyl sites for hydroxylation is 1. The summed E-state index contributed by atoms with van der Waals surface area (Å²) in [4.78, 5) is 16.6. The average Bonchev–Trinajstić information content (AvgIpc) is 3.08. The SMILES string of the molecule is Cc1nc(-c2cccc(NC(=O)C3CNCC3C)c2)n[nH]1. The monoisotopic (exact) mass is 285 g/mol. The third-order valence-corrected chi connectivity index (χ3v) is 3.84. The minimum Gasteiger partial charge on any atom is -0.326 e. The van der Waals surface area contributed by atoms with Gasteiger partial charge in [-0.1, -0.05) is 19.1 Å². The van der Waals surface area contributed by atoms with Gasteiger partial charge in [0.1, 0.15) is 5.82 Å². The van der Waals surface area contributed by atoms with Crippen LogP contribution in [0.15, 0.2) is 24.3 Å². The van der Waals surface area contributed by atoms with Gasteiger partial charge in [0, 0.05) is 17.8 Å². The lowest BCUT2D eigenvalue weighted by atomic mass is 9.97. The van der Waals surface area contributed by atoms with Crippen LogP contribution in [-0.2, 0) is 4.79 Å². The van der Waals surface area contributed by atoms with E-state index in [2.05, 4.69) is 32.7 Å².